The fraction of sp³-hybridized carbons (Fsp3) is 0.583. The van der Waals surface area contributed by atoms with Crippen LogP contribution in [0.2, 0.25) is 0 Å². The Morgan fingerprint density at radius 2 is 1.84 bits per heavy atom. The number of aliphatic hydroxyl groups is 1. The number of ether oxygens (including phenoxy) is 2. The van der Waals surface area contributed by atoms with Gasteiger partial charge in [-0.2, -0.15) is 0 Å². The third-order valence-electron chi connectivity index (χ3n) is 2.47. The van der Waals surface area contributed by atoms with E-state index in [4.69, 9.17) is 9.52 Å². The number of aliphatic hydroxyl groups excluding tert-OH is 1. The lowest BCUT2D eigenvalue weighted by Gasteiger charge is -1.96. The first-order chi connectivity index (χ1) is 9.13. The fourth-order valence-electron chi connectivity index (χ4n) is 1.50. The second-order valence-electron chi connectivity index (χ2n) is 3.80. The molecule has 0 fully saturated rings. The summed E-state index contributed by atoms with van der Waals surface area (Å²) in [6.45, 7) is 0.131. The first kappa shape index (κ1) is 15.2. The van der Waals surface area contributed by atoms with Crippen molar-refractivity contribution in [2.75, 3.05) is 20.8 Å². The molecule has 1 rings (SSSR count). The summed E-state index contributed by atoms with van der Waals surface area (Å²) >= 11 is 0. The van der Waals surface area contributed by atoms with Crippen molar-refractivity contribution in [1.29, 1.82) is 0 Å². The van der Waals surface area contributed by atoms with Crippen molar-refractivity contribution in [3.8, 4) is 0 Å². The van der Waals surface area contributed by atoms with Crippen molar-refractivity contribution < 1.29 is 28.6 Å². The SMILES string of the molecule is COC(=O)c1nc(CCCCCO)oc1C(=O)OC. The largest absolute Gasteiger partial charge is 0.464 e. The minimum absolute atomic E-state index is 0.131. The molecule has 0 amide bonds. The number of aryl methyl sites for hydroxylation is 1. The number of aromatic nitrogens is 1. The maximum Gasteiger partial charge on any atom is 0.376 e. The van der Waals surface area contributed by atoms with Gasteiger partial charge in [-0.05, 0) is 12.8 Å². The lowest BCUT2D eigenvalue weighted by Crippen LogP contribution is -2.10. The summed E-state index contributed by atoms with van der Waals surface area (Å²) in [5, 5.41) is 8.66. The Morgan fingerprint density at radius 1 is 1.16 bits per heavy atom. The number of carbonyl (C=O) groups excluding carboxylic acids is 2. The van der Waals surface area contributed by atoms with Gasteiger partial charge in [0.25, 0.3) is 0 Å². The number of rotatable bonds is 7. The van der Waals surface area contributed by atoms with Crippen molar-refractivity contribution in [3.05, 3.63) is 17.3 Å². The van der Waals surface area contributed by atoms with Crippen LogP contribution in [0, 0.1) is 0 Å². The van der Waals surface area contributed by atoms with Crippen LogP contribution in [0.5, 0.6) is 0 Å². The molecule has 0 atom stereocenters. The third kappa shape index (κ3) is 4.06. The van der Waals surface area contributed by atoms with Crippen molar-refractivity contribution in [1.82, 2.24) is 4.98 Å². The van der Waals surface area contributed by atoms with Crippen LogP contribution in [0.25, 0.3) is 0 Å². The van der Waals surface area contributed by atoms with Crippen molar-refractivity contribution in [3.63, 3.8) is 0 Å². The lowest BCUT2D eigenvalue weighted by molar-refractivity contribution is 0.0525. The summed E-state index contributed by atoms with van der Waals surface area (Å²) < 4.78 is 14.3. The predicted molar refractivity (Wildman–Crippen MR) is 63.8 cm³/mol. The molecule has 0 aliphatic heterocycles. The summed E-state index contributed by atoms with van der Waals surface area (Å²) in [6, 6.07) is 0. The minimum Gasteiger partial charge on any atom is -0.464 e. The van der Waals surface area contributed by atoms with E-state index in [1.54, 1.807) is 0 Å². The highest BCUT2D eigenvalue weighted by molar-refractivity contribution is 5.99. The van der Waals surface area contributed by atoms with Crippen molar-refractivity contribution in [2.24, 2.45) is 0 Å². The normalized spacial score (nSPS) is 10.3. The summed E-state index contributed by atoms with van der Waals surface area (Å²) in [5.74, 6) is -1.48. The summed E-state index contributed by atoms with van der Waals surface area (Å²) in [4.78, 5) is 26.8. The van der Waals surface area contributed by atoms with E-state index in [-0.39, 0.29) is 24.0 Å². The Bertz CT molecular complexity index is 406. The predicted octanol–water partition coefficient (Wildman–Crippen LogP) is 0.953. The molecule has 0 unspecified atom stereocenters. The monoisotopic (exact) mass is 271 g/mol. The zero-order valence-corrected chi connectivity index (χ0v) is 11.0. The van der Waals surface area contributed by atoms with E-state index in [0.29, 0.717) is 12.8 Å². The van der Waals surface area contributed by atoms with Gasteiger partial charge in [0.15, 0.2) is 5.89 Å². The van der Waals surface area contributed by atoms with E-state index in [9.17, 15) is 9.59 Å². The van der Waals surface area contributed by atoms with Gasteiger partial charge >= 0.3 is 11.9 Å². The maximum atomic E-state index is 11.5. The number of hydrogen-bond acceptors (Lipinski definition) is 7. The maximum absolute atomic E-state index is 11.5. The standard InChI is InChI=1S/C12H17NO6/c1-17-11(15)9-10(12(16)18-2)19-8(13-9)6-4-3-5-7-14/h14H,3-7H2,1-2H3. The van der Waals surface area contributed by atoms with Gasteiger partial charge in [-0.3, -0.25) is 0 Å². The van der Waals surface area contributed by atoms with Crippen LogP contribution in [-0.2, 0) is 15.9 Å². The molecule has 0 saturated carbocycles. The molecular weight excluding hydrogens is 254 g/mol. The molecule has 1 aromatic heterocycles. The molecule has 7 nitrogen and oxygen atoms in total. The van der Waals surface area contributed by atoms with Crippen molar-refractivity contribution >= 4 is 11.9 Å². The van der Waals surface area contributed by atoms with Crippen LogP contribution >= 0.6 is 0 Å². The number of esters is 2. The fourth-order valence-corrected chi connectivity index (χ4v) is 1.50. The molecule has 19 heavy (non-hydrogen) atoms. The van der Waals surface area contributed by atoms with Crippen LogP contribution in [0.4, 0.5) is 0 Å². The number of methoxy groups -OCH3 is 2. The zero-order chi connectivity index (χ0) is 14.3. The van der Waals surface area contributed by atoms with Gasteiger partial charge in [0, 0.05) is 13.0 Å². The van der Waals surface area contributed by atoms with Gasteiger partial charge in [-0.15, -0.1) is 0 Å². The highest BCUT2D eigenvalue weighted by atomic mass is 16.5. The van der Waals surface area contributed by atoms with Gasteiger partial charge < -0.3 is 19.0 Å². The van der Waals surface area contributed by atoms with Crippen LogP contribution in [0.15, 0.2) is 4.42 Å². The highest BCUT2D eigenvalue weighted by Gasteiger charge is 2.26. The average Bonchev–Trinajstić information content (AvgIpc) is 2.86. The molecule has 1 heterocycles. The van der Waals surface area contributed by atoms with Gasteiger partial charge in [-0.1, -0.05) is 6.42 Å². The molecule has 0 bridgehead atoms. The van der Waals surface area contributed by atoms with Gasteiger partial charge in [0.2, 0.25) is 11.5 Å². The second kappa shape index (κ2) is 7.52. The topological polar surface area (TPSA) is 98.9 Å². The quantitative estimate of drug-likeness (QED) is 0.582. The Kier molecular flexibility index (Phi) is 6.01. The van der Waals surface area contributed by atoms with Crippen LogP contribution in [0.3, 0.4) is 0 Å². The van der Waals surface area contributed by atoms with E-state index in [1.807, 2.05) is 0 Å². The van der Waals surface area contributed by atoms with Crippen LogP contribution in [-0.4, -0.2) is 42.9 Å². The summed E-state index contributed by atoms with van der Waals surface area (Å²) in [6.07, 6.45) is 2.71. The molecule has 1 N–H and O–H groups in total. The Hall–Kier alpha value is -1.89. The molecule has 1 aromatic rings. The number of hydrogen-bond donors (Lipinski definition) is 1. The minimum atomic E-state index is -0.769. The lowest BCUT2D eigenvalue weighted by atomic mass is 10.2. The van der Waals surface area contributed by atoms with E-state index in [0.717, 1.165) is 12.8 Å². The molecule has 0 saturated heterocycles. The van der Waals surface area contributed by atoms with Crippen LogP contribution in [0.1, 0.15) is 46.2 Å². The molecule has 106 valence electrons. The first-order valence-electron chi connectivity index (χ1n) is 5.91. The van der Waals surface area contributed by atoms with E-state index < -0.39 is 11.9 Å². The molecular formula is C12H17NO6. The van der Waals surface area contributed by atoms with Gasteiger partial charge in [0.05, 0.1) is 14.2 Å². The van der Waals surface area contributed by atoms with Crippen molar-refractivity contribution in [2.45, 2.75) is 25.7 Å². The van der Waals surface area contributed by atoms with Gasteiger partial charge in [-0.25, -0.2) is 14.6 Å². The Labute approximate surface area is 110 Å². The zero-order valence-electron chi connectivity index (χ0n) is 11.0. The van der Waals surface area contributed by atoms with Gasteiger partial charge in [0.1, 0.15) is 0 Å². The number of nitrogens with zero attached hydrogens (tertiary/aromatic N) is 1. The molecule has 0 radical (unpaired) electrons. The number of unbranched alkanes of at least 4 members (excludes halogenated alkanes) is 2. The van der Waals surface area contributed by atoms with E-state index in [1.165, 1.54) is 14.2 Å². The molecule has 0 aliphatic rings. The number of oxazole rings is 1. The molecule has 0 spiro atoms. The molecule has 0 aromatic carbocycles. The first-order valence-corrected chi connectivity index (χ1v) is 5.91. The average molecular weight is 271 g/mol. The summed E-state index contributed by atoms with van der Waals surface area (Å²) in [7, 11) is 2.38. The van der Waals surface area contributed by atoms with E-state index in [2.05, 4.69) is 14.5 Å². The second-order valence-corrected chi connectivity index (χ2v) is 3.80. The van der Waals surface area contributed by atoms with E-state index >= 15 is 0 Å². The molecule has 0 aliphatic carbocycles. The van der Waals surface area contributed by atoms with Crippen LogP contribution < -0.4 is 0 Å². The molecule has 7 heteroatoms. The third-order valence-corrected chi connectivity index (χ3v) is 2.47. The Morgan fingerprint density at radius 3 is 2.42 bits per heavy atom. The smallest absolute Gasteiger partial charge is 0.376 e. The summed E-state index contributed by atoms with van der Waals surface area (Å²) in [5.41, 5.74) is -0.175. The number of carbonyl (C=O) groups is 2. The highest BCUT2D eigenvalue weighted by Crippen LogP contribution is 2.15. The Balaban J connectivity index is 2.81.